The van der Waals surface area contributed by atoms with Crippen LogP contribution in [0.3, 0.4) is 0 Å². The lowest BCUT2D eigenvalue weighted by atomic mass is 10.1. The lowest BCUT2D eigenvalue weighted by Crippen LogP contribution is -2.39. The minimum atomic E-state index is -0.715. The number of furan rings is 1. The van der Waals surface area contributed by atoms with E-state index in [1.54, 1.807) is 17.9 Å². The van der Waals surface area contributed by atoms with Crippen molar-refractivity contribution in [2.75, 3.05) is 11.9 Å². The first-order valence-corrected chi connectivity index (χ1v) is 7.72. The number of likely N-dealkylation sites (tertiary alicyclic amines) is 1. The second-order valence-corrected chi connectivity index (χ2v) is 5.59. The number of carbonyl (C=O) groups is 2. The third-order valence-electron chi connectivity index (χ3n) is 3.94. The van der Waals surface area contributed by atoms with E-state index in [-0.39, 0.29) is 11.9 Å². The van der Waals surface area contributed by atoms with Gasteiger partial charge < -0.3 is 13.8 Å². The average Bonchev–Trinajstić information content (AvgIpc) is 3.25. The molecule has 1 atom stereocenters. The van der Waals surface area contributed by atoms with E-state index >= 15 is 0 Å². The maximum absolute atomic E-state index is 12.4. The van der Waals surface area contributed by atoms with Gasteiger partial charge in [-0.3, -0.25) is 14.9 Å². The van der Waals surface area contributed by atoms with Gasteiger partial charge in [0.2, 0.25) is 0 Å². The van der Waals surface area contributed by atoms with Crippen molar-refractivity contribution in [3.05, 3.63) is 35.5 Å². The molecule has 2 aromatic heterocycles. The van der Waals surface area contributed by atoms with Gasteiger partial charge in [0, 0.05) is 19.0 Å². The smallest absolute Gasteiger partial charge is 0.315 e. The summed E-state index contributed by atoms with van der Waals surface area (Å²) < 4.78 is 10.6. The number of hydrogen-bond acceptors (Lipinski definition) is 5. The number of hydrogen-bond donors (Lipinski definition) is 1. The number of nitrogens with zero attached hydrogens (tertiary/aromatic N) is 2. The van der Waals surface area contributed by atoms with Gasteiger partial charge in [0.25, 0.3) is 0 Å². The summed E-state index contributed by atoms with van der Waals surface area (Å²) in [6.07, 6.45) is 2.43. The first-order valence-electron chi connectivity index (χ1n) is 7.72. The third kappa shape index (κ3) is 3.13. The molecule has 122 valence electrons. The van der Waals surface area contributed by atoms with E-state index in [0.717, 1.165) is 30.8 Å². The molecular formula is C16H19N3O4. The number of nitrogens with one attached hydrogen (secondary N) is 1. The topological polar surface area (TPSA) is 88.6 Å². The van der Waals surface area contributed by atoms with Crippen LogP contribution in [0.2, 0.25) is 0 Å². The van der Waals surface area contributed by atoms with Crippen LogP contribution < -0.4 is 5.32 Å². The van der Waals surface area contributed by atoms with Crippen molar-refractivity contribution in [1.29, 1.82) is 0 Å². The zero-order valence-corrected chi connectivity index (χ0v) is 13.2. The van der Waals surface area contributed by atoms with Gasteiger partial charge in [-0.25, -0.2) is 0 Å². The van der Waals surface area contributed by atoms with E-state index in [1.807, 2.05) is 19.1 Å². The molecule has 7 nitrogen and oxygen atoms in total. The minimum absolute atomic E-state index is 0.187. The molecule has 1 saturated heterocycles. The molecule has 3 rings (SSSR count). The van der Waals surface area contributed by atoms with Crippen LogP contribution >= 0.6 is 0 Å². The highest BCUT2D eigenvalue weighted by molar-refractivity contribution is 6.39. The maximum atomic E-state index is 12.4. The van der Waals surface area contributed by atoms with Crippen LogP contribution in [0.25, 0.3) is 0 Å². The lowest BCUT2D eigenvalue weighted by molar-refractivity contribution is -0.144. The van der Waals surface area contributed by atoms with Crippen molar-refractivity contribution in [2.24, 2.45) is 0 Å². The molecule has 2 aromatic rings. The Hall–Kier alpha value is -2.57. The number of aryl methyl sites for hydroxylation is 2. The van der Waals surface area contributed by atoms with E-state index in [0.29, 0.717) is 12.3 Å². The van der Waals surface area contributed by atoms with Crippen LogP contribution in [-0.4, -0.2) is 28.4 Å². The summed E-state index contributed by atoms with van der Waals surface area (Å²) >= 11 is 0. The Morgan fingerprint density at radius 2 is 2.26 bits per heavy atom. The molecule has 1 unspecified atom stereocenters. The van der Waals surface area contributed by atoms with E-state index in [1.165, 1.54) is 0 Å². The molecule has 0 spiro atoms. The van der Waals surface area contributed by atoms with Crippen molar-refractivity contribution in [2.45, 2.75) is 39.2 Å². The van der Waals surface area contributed by atoms with Gasteiger partial charge in [0.15, 0.2) is 5.82 Å². The molecule has 0 aliphatic carbocycles. The number of amides is 2. The fraction of sp³-hybridized carbons (Fsp3) is 0.438. The molecule has 1 aliphatic heterocycles. The van der Waals surface area contributed by atoms with Crippen LogP contribution in [0.5, 0.6) is 0 Å². The van der Waals surface area contributed by atoms with Gasteiger partial charge in [0.05, 0.1) is 6.04 Å². The highest BCUT2D eigenvalue weighted by atomic mass is 16.5. The number of rotatable bonds is 3. The molecule has 1 fully saturated rings. The Bertz CT molecular complexity index is 718. The molecule has 0 radical (unpaired) electrons. The zero-order valence-electron chi connectivity index (χ0n) is 13.2. The maximum Gasteiger partial charge on any atom is 0.315 e. The van der Waals surface area contributed by atoms with Crippen LogP contribution in [0.15, 0.2) is 27.1 Å². The summed E-state index contributed by atoms with van der Waals surface area (Å²) in [5.41, 5.74) is 0. The van der Waals surface area contributed by atoms with Gasteiger partial charge >= 0.3 is 11.8 Å². The monoisotopic (exact) mass is 317 g/mol. The first-order chi connectivity index (χ1) is 11.1. The van der Waals surface area contributed by atoms with Crippen molar-refractivity contribution >= 4 is 17.6 Å². The first kappa shape index (κ1) is 15.3. The summed E-state index contributed by atoms with van der Waals surface area (Å²) in [6, 6.07) is 5.17. The van der Waals surface area contributed by atoms with Gasteiger partial charge in [-0.1, -0.05) is 12.1 Å². The molecule has 7 heteroatoms. The standard InChI is InChI=1S/C16H19N3O4/c1-3-11-6-7-13(22-11)12-5-4-8-19(12)16(21)15(20)17-14-9-10(2)23-18-14/h6-7,9,12H,3-5,8H2,1-2H3,(H,17,18,20). The van der Waals surface area contributed by atoms with Crippen molar-refractivity contribution < 1.29 is 18.5 Å². The molecule has 0 aromatic carbocycles. The van der Waals surface area contributed by atoms with Crippen LogP contribution in [0.1, 0.15) is 43.1 Å². The minimum Gasteiger partial charge on any atom is -0.464 e. The molecule has 3 heterocycles. The third-order valence-corrected chi connectivity index (χ3v) is 3.94. The molecule has 2 amide bonds. The Morgan fingerprint density at radius 1 is 1.43 bits per heavy atom. The Morgan fingerprint density at radius 3 is 2.91 bits per heavy atom. The van der Waals surface area contributed by atoms with Crippen LogP contribution in [0.4, 0.5) is 5.82 Å². The average molecular weight is 317 g/mol. The molecular weight excluding hydrogens is 298 g/mol. The van der Waals surface area contributed by atoms with E-state index in [9.17, 15) is 9.59 Å². The van der Waals surface area contributed by atoms with Gasteiger partial charge in [0.1, 0.15) is 17.3 Å². The Balaban J connectivity index is 1.71. The fourth-order valence-electron chi connectivity index (χ4n) is 2.79. The fourth-order valence-corrected chi connectivity index (χ4v) is 2.79. The molecule has 1 N–H and O–H groups in total. The number of aromatic nitrogens is 1. The summed E-state index contributed by atoms with van der Waals surface area (Å²) in [7, 11) is 0. The highest BCUT2D eigenvalue weighted by Crippen LogP contribution is 2.33. The summed E-state index contributed by atoms with van der Waals surface area (Å²) in [4.78, 5) is 26.1. The van der Waals surface area contributed by atoms with Crippen molar-refractivity contribution in [1.82, 2.24) is 10.1 Å². The van der Waals surface area contributed by atoms with Gasteiger partial charge in [-0.15, -0.1) is 0 Å². The summed E-state index contributed by atoms with van der Waals surface area (Å²) in [5.74, 6) is 1.12. The predicted molar refractivity (Wildman–Crippen MR) is 81.6 cm³/mol. The quantitative estimate of drug-likeness (QED) is 0.878. The van der Waals surface area contributed by atoms with E-state index < -0.39 is 11.8 Å². The Kier molecular flexibility index (Phi) is 4.18. The molecule has 23 heavy (non-hydrogen) atoms. The predicted octanol–water partition coefficient (Wildman–Crippen LogP) is 2.44. The van der Waals surface area contributed by atoms with Crippen LogP contribution in [-0.2, 0) is 16.0 Å². The Labute approximate surface area is 133 Å². The zero-order chi connectivity index (χ0) is 16.4. The normalized spacial score (nSPS) is 17.5. The molecule has 0 bridgehead atoms. The van der Waals surface area contributed by atoms with E-state index in [4.69, 9.17) is 8.94 Å². The highest BCUT2D eigenvalue weighted by Gasteiger charge is 2.35. The van der Waals surface area contributed by atoms with Gasteiger partial charge in [-0.05, 0) is 31.9 Å². The summed E-state index contributed by atoms with van der Waals surface area (Å²) in [6.45, 7) is 4.26. The molecule has 1 aliphatic rings. The van der Waals surface area contributed by atoms with Crippen LogP contribution in [0, 0.1) is 6.92 Å². The second-order valence-electron chi connectivity index (χ2n) is 5.59. The lowest BCUT2D eigenvalue weighted by Gasteiger charge is -2.22. The van der Waals surface area contributed by atoms with Gasteiger partial charge in [-0.2, -0.15) is 0 Å². The largest absolute Gasteiger partial charge is 0.464 e. The number of anilines is 1. The number of carbonyl (C=O) groups excluding carboxylic acids is 2. The van der Waals surface area contributed by atoms with Crippen molar-refractivity contribution in [3.8, 4) is 0 Å². The SMILES string of the molecule is CCc1ccc(C2CCCN2C(=O)C(=O)Nc2cc(C)on2)o1. The summed E-state index contributed by atoms with van der Waals surface area (Å²) in [5, 5.41) is 6.12. The molecule has 0 saturated carbocycles. The van der Waals surface area contributed by atoms with Crippen molar-refractivity contribution in [3.63, 3.8) is 0 Å². The second kappa shape index (κ2) is 6.28. The van der Waals surface area contributed by atoms with E-state index in [2.05, 4.69) is 10.5 Å².